The highest BCUT2D eigenvalue weighted by atomic mass is 35.5. The summed E-state index contributed by atoms with van der Waals surface area (Å²) in [7, 11) is 0. The molecule has 1 unspecified atom stereocenters. The molecule has 0 aromatic heterocycles. The lowest BCUT2D eigenvalue weighted by Crippen LogP contribution is -2.39. The van der Waals surface area contributed by atoms with Gasteiger partial charge in [0.25, 0.3) is 5.91 Å². The molecule has 5 heteroatoms. The van der Waals surface area contributed by atoms with Gasteiger partial charge in [-0.1, -0.05) is 29.8 Å². The molecule has 0 radical (unpaired) electrons. The number of Topliss-reactive ketones (excluding diaryl/α,β-unsaturated/α-hetero) is 1. The number of fused-ring (bicyclic) bond motifs is 1. The highest BCUT2D eigenvalue weighted by Crippen LogP contribution is 2.40. The first-order valence-corrected chi connectivity index (χ1v) is 11.8. The first kappa shape index (κ1) is 20.7. The van der Waals surface area contributed by atoms with Crippen molar-refractivity contribution < 1.29 is 9.59 Å². The summed E-state index contributed by atoms with van der Waals surface area (Å²) >= 11 is 6.23. The Kier molecular flexibility index (Phi) is 5.61. The van der Waals surface area contributed by atoms with Gasteiger partial charge in [0, 0.05) is 30.6 Å². The van der Waals surface area contributed by atoms with Crippen molar-refractivity contribution in [3.05, 3.63) is 69.7 Å². The van der Waals surface area contributed by atoms with Crippen LogP contribution in [-0.4, -0.2) is 42.8 Å². The molecular formula is C26H29ClN2O2. The Morgan fingerprint density at radius 3 is 2.71 bits per heavy atom. The van der Waals surface area contributed by atoms with E-state index in [1.54, 1.807) is 12.1 Å². The number of carbonyl (C=O) groups excluding carboxylic acids is 2. The number of aryl methyl sites for hydroxylation is 1. The minimum atomic E-state index is 0.0765. The topological polar surface area (TPSA) is 49.4 Å². The highest BCUT2D eigenvalue weighted by Gasteiger charge is 2.40. The Morgan fingerprint density at radius 2 is 1.90 bits per heavy atom. The summed E-state index contributed by atoms with van der Waals surface area (Å²) in [5, 5.41) is 3.95. The van der Waals surface area contributed by atoms with E-state index in [9.17, 15) is 9.59 Å². The number of nitrogens with one attached hydrogen (secondary N) is 1. The predicted molar refractivity (Wildman–Crippen MR) is 123 cm³/mol. The number of rotatable bonds is 4. The number of hydrogen-bond donors (Lipinski definition) is 1. The third-order valence-corrected chi connectivity index (χ3v) is 7.92. The van der Waals surface area contributed by atoms with Gasteiger partial charge in [-0.2, -0.15) is 0 Å². The number of piperidine rings is 1. The van der Waals surface area contributed by atoms with Gasteiger partial charge in [0.1, 0.15) is 0 Å². The number of nitrogens with zero attached hydrogens (tertiary/aromatic N) is 1. The van der Waals surface area contributed by atoms with Crippen LogP contribution in [0.3, 0.4) is 0 Å². The van der Waals surface area contributed by atoms with Gasteiger partial charge in [0.05, 0.1) is 5.02 Å². The first-order valence-electron chi connectivity index (χ1n) is 11.5. The molecule has 2 saturated heterocycles. The first-order chi connectivity index (χ1) is 15.0. The Labute approximate surface area is 189 Å². The van der Waals surface area contributed by atoms with E-state index in [2.05, 4.69) is 17.4 Å². The summed E-state index contributed by atoms with van der Waals surface area (Å²) in [4.78, 5) is 28.2. The number of benzene rings is 2. The van der Waals surface area contributed by atoms with Crippen LogP contribution < -0.4 is 5.32 Å². The molecule has 3 aliphatic rings. The predicted octanol–water partition coefficient (Wildman–Crippen LogP) is 4.86. The average Bonchev–Trinajstić information content (AvgIpc) is 3.38. The SMILES string of the molecule is O=C(CC1CCc2ccc(C(=O)N3CCC4(CCNCC4)C3)cc21)c1ccccc1Cl. The Bertz CT molecular complexity index is 1010. The van der Waals surface area contributed by atoms with Gasteiger partial charge in [-0.25, -0.2) is 0 Å². The molecule has 2 aliphatic heterocycles. The molecule has 2 heterocycles. The van der Waals surface area contributed by atoms with Gasteiger partial charge in [-0.15, -0.1) is 0 Å². The number of likely N-dealkylation sites (tertiary alicyclic amines) is 1. The highest BCUT2D eigenvalue weighted by molar-refractivity contribution is 6.34. The van der Waals surface area contributed by atoms with Crippen LogP contribution in [0, 0.1) is 5.41 Å². The van der Waals surface area contributed by atoms with Crippen molar-refractivity contribution in [2.24, 2.45) is 5.41 Å². The maximum Gasteiger partial charge on any atom is 0.253 e. The van der Waals surface area contributed by atoms with Crippen LogP contribution in [0.4, 0.5) is 0 Å². The molecule has 2 fully saturated rings. The fourth-order valence-electron chi connectivity index (χ4n) is 5.71. The Balaban J connectivity index is 1.31. The molecule has 4 nitrogen and oxygen atoms in total. The smallest absolute Gasteiger partial charge is 0.253 e. The molecule has 31 heavy (non-hydrogen) atoms. The second kappa shape index (κ2) is 8.40. The summed E-state index contributed by atoms with van der Waals surface area (Å²) < 4.78 is 0. The van der Waals surface area contributed by atoms with E-state index in [1.165, 1.54) is 11.1 Å². The van der Waals surface area contributed by atoms with Crippen molar-refractivity contribution in [2.45, 2.75) is 44.4 Å². The van der Waals surface area contributed by atoms with Crippen molar-refractivity contribution in [3.63, 3.8) is 0 Å². The molecule has 162 valence electrons. The maximum absolute atomic E-state index is 13.3. The van der Waals surface area contributed by atoms with Crippen LogP contribution in [0.25, 0.3) is 0 Å². The Morgan fingerprint density at radius 1 is 1.10 bits per heavy atom. The van der Waals surface area contributed by atoms with Gasteiger partial charge < -0.3 is 10.2 Å². The van der Waals surface area contributed by atoms with Gasteiger partial charge in [0.15, 0.2) is 5.78 Å². The van der Waals surface area contributed by atoms with Gasteiger partial charge in [-0.3, -0.25) is 9.59 Å². The number of amides is 1. The standard InChI is InChI=1S/C26H29ClN2O2/c27-23-4-2-1-3-21(23)24(30)16-19-7-5-18-6-8-20(15-22(18)19)25(31)29-14-11-26(17-29)9-12-28-13-10-26/h1-4,6,8,15,19,28H,5,7,9-14,16-17H2. The molecular weight excluding hydrogens is 408 g/mol. The second-order valence-corrected chi connectivity index (χ2v) is 9.89. The molecule has 2 aromatic rings. The zero-order valence-corrected chi connectivity index (χ0v) is 18.6. The molecule has 5 rings (SSSR count). The van der Waals surface area contributed by atoms with Crippen LogP contribution in [0.5, 0.6) is 0 Å². The van der Waals surface area contributed by atoms with Gasteiger partial charge >= 0.3 is 0 Å². The largest absolute Gasteiger partial charge is 0.338 e. The lowest BCUT2D eigenvalue weighted by Gasteiger charge is -2.33. The molecule has 1 spiro atoms. The lowest BCUT2D eigenvalue weighted by atomic mass is 9.78. The number of ketones is 1. The van der Waals surface area contributed by atoms with E-state index in [0.29, 0.717) is 22.4 Å². The second-order valence-electron chi connectivity index (χ2n) is 9.48. The quantitative estimate of drug-likeness (QED) is 0.696. The summed E-state index contributed by atoms with van der Waals surface area (Å²) in [6.45, 7) is 3.84. The molecule has 1 N–H and O–H groups in total. The minimum absolute atomic E-state index is 0.0765. The van der Waals surface area contributed by atoms with E-state index in [4.69, 9.17) is 11.6 Å². The molecule has 0 saturated carbocycles. The number of carbonyl (C=O) groups is 2. The zero-order valence-electron chi connectivity index (χ0n) is 17.8. The third kappa shape index (κ3) is 4.04. The van der Waals surface area contributed by atoms with E-state index < -0.39 is 0 Å². The van der Waals surface area contributed by atoms with Gasteiger partial charge in [-0.05, 0) is 91.9 Å². The molecule has 0 bridgehead atoms. The van der Waals surface area contributed by atoms with Crippen molar-refractivity contribution >= 4 is 23.3 Å². The maximum atomic E-state index is 13.3. The Hall–Kier alpha value is -2.17. The summed E-state index contributed by atoms with van der Waals surface area (Å²) in [6.07, 6.45) is 5.78. The number of halogens is 1. The summed E-state index contributed by atoms with van der Waals surface area (Å²) in [6, 6.07) is 13.4. The van der Waals surface area contributed by atoms with Crippen LogP contribution in [-0.2, 0) is 6.42 Å². The van der Waals surface area contributed by atoms with E-state index in [1.807, 2.05) is 23.1 Å². The minimum Gasteiger partial charge on any atom is -0.338 e. The summed E-state index contributed by atoms with van der Waals surface area (Å²) in [5.74, 6) is 0.370. The van der Waals surface area contributed by atoms with Crippen LogP contribution in [0.15, 0.2) is 42.5 Å². The zero-order chi connectivity index (χ0) is 21.4. The van der Waals surface area contributed by atoms with Crippen molar-refractivity contribution in [2.75, 3.05) is 26.2 Å². The summed E-state index contributed by atoms with van der Waals surface area (Å²) in [5.41, 5.74) is 4.10. The van der Waals surface area contributed by atoms with Crippen molar-refractivity contribution in [1.29, 1.82) is 0 Å². The molecule has 1 atom stereocenters. The van der Waals surface area contributed by atoms with E-state index in [0.717, 1.165) is 63.8 Å². The molecule has 2 aromatic carbocycles. The molecule has 1 amide bonds. The van der Waals surface area contributed by atoms with E-state index >= 15 is 0 Å². The van der Waals surface area contributed by atoms with Crippen molar-refractivity contribution in [1.82, 2.24) is 10.2 Å². The molecule has 1 aliphatic carbocycles. The van der Waals surface area contributed by atoms with Crippen LogP contribution >= 0.6 is 11.6 Å². The fourth-order valence-corrected chi connectivity index (χ4v) is 5.95. The lowest BCUT2D eigenvalue weighted by molar-refractivity contribution is 0.0761. The average molecular weight is 437 g/mol. The fraction of sp³-hybridized carbons (Fsp3) is 0.462. The van der Waals surface area contributed by atoms with Crippen LogP contribution in [0.1, 0.15) is 69.9 Å². The number of hydrogen-bond acceptors (Lipinski definition) is 3. The third-order valence-electron chi connectivity index (χ3n) is 7.59. The monoisotopic (exact) mass is 436 g/mol. The normalized spacial score (nSPS) is 22.0. The van der Waals surface area contributed by atoms with Crippen molar-refractivity contribution in [3.8, 4) is 0 Å². The van der Waals surface area contributed by atoms with Gasteiger partial charge in [0.2, 0.25) is 0 Å². The van der Waals surface area contributed by atoms with Crippen LogP contribution in [0.2, 0.25) is 5.02 Å². The van der Waals surface area contributed by atoms with E-state index in [-0.39, 0.29) is 17.6 Å².